The van der Waals surface area contributed by atoms with Crippen LogP contribution in [-0.2, 0) is 0 Å². The second-order valence-electron chi connectivity index (χ2n) is 6.73. The Morgan fingerprint density at radius 2 is 1.37 bits per heavy atom. The Hall–Kier alpha value is -2.94. The molecule has 0 aliphatic rings. The Morgan fingerprint density at radius 3 is 1.96 bits per heavy atom. The molecule has 0 N–H and O–H groups in total. The van der Waals surface area contributed by atoms with Crippen LogP contribution in [-0.4, -0.2) is 21.3 Å². The van der Waals surface area contributed by atoms with Gasteiger partial charge in [0.2, 0.25) is 0 Å². The number of rotatable bonds is 6. The van der Waals surface area contributed by atoms with E-state index < -0.39 is 0 Å². The largest absolute Gasteiger partial charge is 0.496 e. The SMILES string of the molecule is COc1cc(/C=C/c2c(OC)ccc3ccccc23)cc(OC)c1C(C)C. The van der Waals surface area contributed by atoms with Crippen LogP contribution in [0.3, 0.4) is 0 Å². The fraction of sp³-hybridized carbons (Fsp3) is 0.250. The molecule has 0 aromatic heterocycles. The van der Waals surface area contributed by atoms with Gasteiger partial charge >= 0.3 is 0 Å². The third-order valence-electron chi connectivity index (χ3n) is 4.74. The minimum absolute atomic E-state index is 0.311. The van der Waals surface area contributed by atoms with Crippen LogP contribution in [0.25, 0.3) is 22.9 Å². The molecule has 0 unspecified atom stereocenters. The summed E-state index contributed by atoms with van der Waals surface area (Å²) in [5.41, 5.74) is 3.16. The molecule has 0 amide bonds. The summed E-state index contributed by atoms with van der Waals surface area (Å²) in [5, 5.41) is 2.34. The molecule has 3 aromatic rings. The highest BCUT2D eigenvalue weighted by Crippen LogP contribution is 2.37. The molecule has 3 heteroatoms. The summed E-state index contributed by atoms with van der Waals surface area (Å²) in [6.07, 6.45) is 4.16. The molecule has 0 saturated heterocycles. The van der Waals surface area contributed by atoms with Crippen molar-refractivity contribution >= 4 is 22.9 Å². The quantitative estimate of drug-likeness (QED) is 0.492. The lowest BCUT2D eigenvalue weighted by Gasteiger charge is -2.17. The van der Waals surface area contributed by atoms with Gasteiger partial charge in [0.1, 0.15) is 17.2 Å². The van der Waals surface area contributed by atoms with Gasteiger partial charge < -0.3 is 14.2 Å². The first-order valence-electron chi connectivity index (χ1n) is 9.08. The first-order valence-corrected chi connectivity index (χ1v) is 9.08. The molecule has 0 aliphatic heterocycles. The molecule has 0 fully saturated rings. The third kappa shape index (κ3) is 3.77. The summed E-state index contributed by atoms with van der Waals surface area (Å²) < 4.78 is 16.8. The fourth-order valence-electron chi connectivity index (χ4n) is 3.43. The third-order valence-corrected chi connectivity index (χ3v) is 4.74. The van der Waals surface area contributed by atoms with E-state index in [1.807, 2.05) is 30.3 Å². The Balaban J connectivity index is 2.10. The second kappa shape index (κ2) is 8.17. The number of methoxy groups -OCH3 is 3. The van der Waals surface area contributed by atoms with Crippen LogP contribution in [0, 0.1) is 0 Å². The summed E-state index contributed by atoms with van der Waals surface area (Å²) in [5.74, 6) is 2.84. The van der Waals surface area contributed by atoms with Crippen LogP contribution in [0.4, 0.5) is 0 Å². The van der Waals surface area contributed by atoms with Gasteiger partial charge in [0.15, 0.2) is 0 Å². The summed E-state index contributed by atoms with van der Waals surface area (Å²) in [4.78, 5) is 0. The zero-order valence-corrected chi connectivity index (χ0v) is 16.6. The molecule has 27 heavy (non-hydrogen) atoms. The fourth-order valence-corrected chi connectivity index (χ4v) is 3.43. The van der Waals surface area contributed by atoms with Gasteiger partial charge in [-0.2, -0.15) is 0 Å². The van der Waals surface area contributed by atoms with E-state index in [9.17, 15) is 0 Å². The van der Waals surface area contributed by atoms with Gasteiger partial charge in [-0.15, -0.1) is 0 Å². The van der Waals surface area contributed by atoms with E-state index in [-0.39, 0.29) is 0 Å². The van der Waals surface area contributed by atoms with Gasteiger partial charge in [0.25, 0.3) is 0 Å². The number of hydrogen-bond donors (Lipinski definition) is 0. The van der Waals surface area contributed by atoms with Crippen LogP contribution in [0.1, 0.15) is 36.5 Å². The molecule has 0 saturated carbocycles. The van der Waals surface area contributed by atoms with Gasteiger partial charge in [-0.05, 0) is 40.5 Å². The van der Waals surface area contributed by atoms with E-state index in [4.69, 9.17) is 14.2 Å². The predicted octanol–water partition coefficient (Wildman–Crippen LogP) is 6.16. The van der Waals surface area contributed by atoms with Crippen molar-refractivity contribution in [1.82, 2.24) is 0 Å². The first-order chi connectivity index (χ1) is 13.1. The van der Waals surface area contributed by atoms with E-state index in [0.29, 0.717) is 5.92 Å². The number of hydrogen-bond acceptors (Lipinski definition) is 3. The molecule has 3 nitrogen and oxygen atoms in total. The van der Waals surface area contributed by atoms with Crippen molar-refractivity contribution in [3.8, 4) is 17.2 Å². The summed E-state index contributed by atoms with van der Waals surface area (Å²) >= 11 is 0. The van der Waals surface area contributed by atoms with Gasteiger partial charge in [-0.3, -0.25) is 0 Å². The van der Waals surface area contributed by atoms with E-state index in [0.717, 1.165) is 39.3 Å². The molecule has 0 aliphatic carbocycles. The lowest BCUT2D eigenvalue weighted by molar-refractivity contribution is 0.382. The maximum atomic E-state index is 5.62. The normalized spacial score (nSPS) is 11.3. The highest BCUT2D eigenvalue weighted by molar-refractivity contribution is 5.95. The molecular formula is C24H26O3. The van der Waals surface area contributed by atoms with Crippen LogP contribution < -0.4 is 14.2 Å². The molecule has 0 atom stereocenters. The Morgan fingerprint density at radius 1 is 0.741 bits per heavy atom. The van der Waals surface area contributed by atoms with E-state index in [1.165, 1.54) is 5.39 Å². The van der Waals surface area contributed by atoms with Crippen molar-refractivity contribution in [2.75, 3.05) is 21.3 Å². The maximum absolute atomic E-state index is 5.62. The molecular weight excluding hydrogens is 336 g/mol. The van der Waals surface area contributed by atoms with Crippen molar-refractivity contribution in [1.29, 1.82) is 0 Å². The predicted molar refractivity (Wildman–Crippen MR) is 113 cm³/mol. The van der Waals surface area contributed by atoms with Gasteiger partial charge in [0.05, 0.1) is 21.3 Å². The van der Waals surface area contributed by atoms with Crippen LogP contribution in [0.2, 0.25) is 0 Å². The standard InChI is InChI=1S/C24H26O3/c1-16(2)24-22(26-4)14-17(15-23(24)27-5)10-12-20-19-9-7-6-8-18(19)11-13-21(20)25-3/h6-16H,1-5H3/b12-10+. The minimum atomic E-state index is 0.311. The number of benzene rings is 3. The lowest BCUT2D eigenvalue weighted by Crippen LogP contribution is -1.99. The van der Waals surface area contributed by atoms with Gasteiger partial charge in [0, 0.05) is 11.1 Å². The van der Waals surface area contributed by atoms with Crippen molar-refractivity contribution in [2.45, 2.75) is 19.8 Å². The van der Waals surface area contributed by atoms with Crippen molar-refractivity contribution in [2.24, 2.45) is 0 Å². The topological polar surface area (TPSA) is 27.7 Å². The number of fused-ring (bicyclic) bond motifs is 1. The van der Waals surface area contributed by atoms with Gasteiger partial charge in [-0.25, -0.2) is 0 Å². The highest BCUT2D eigenvalue weighted by atomic mass is 16.5. The van der Waals surface area contributed by atoms with Crippen LogP contribution in [0.15, 0.2) is 48.5 Å². The average molecular weight is 362 g/mol. The average Bonchev–Trinajstić information content (AvgIpc) is 2.70. The van der Waals surface area contributed by atoms with Crippen molar-refractivity contribution < 1.29 is 14.2 Å². The monoisotopic (exact) mass is 362 g/mol. The maximum Gasteiger partial charge on any atom is 0.126 e. The summed E-state index contributed by atoms with van der Waals surface area (Å²) in [7, 11) is 5.09. The second-order valence-corrected chi connectivity index (χ2v) is 6.73. The molecule has 3 aromatic carbocycles. The highest BCUT2D eigenvalue weighted by Gasteiger charge is 2.15. The van der Waals surface area contributed by atoms with Crippen LogP contribution in [0.5, 0.6) is 17.2 Å². The molecule has 0 heterocycles. The van der Waals surface area contributed by atoms with Crippen LogP contribution >= 0.6 is 0 Å². The van der Waals surface area contributed by atoms with Crippen molar-refractivity contribution in [3.63, 3.8) is 0 Å². The lowest BCUT2D eigenvalue weighted by atomic mass is 9.97. The molecule has 0 spiro atoms. The Kier molecular flexibility index (Phi) is 5.70. The molecule has 3 rings (SSSR count). The Labute approximate surface area is 161 Å². The molecule has 0 bridgehead atoms. The summed E-state index contributed by atoms with van der Waals surface area (Å²) in [6.45, 7) is 4.27. The van der Waals surface area contributed by atoms with E-state index in [1.54, 1.807) is 21.3 Å². The minimum Gasteiger partial charge on any atom is -0.496 e. The van der Waals surface area contributed by atoms with E-state index in [2.05, 4.69) is 44.2 Å². The molecule has 0 radical (unpaired) electrons. The van der Waals surface area contributed by atoms with Crippen molar-refractivity contribution in [3.05, 3.63) is 65.2 Å². The molecule has 140 valence electrons. The number of ether oxygens (including phenoxy) is 3. The van der Waals surface area contributed by atoms with Gasteiger partial charge in [-0.1, -0.05) is 56.3 Å². The zero-order valence-electron chi connectivity index (χ0n) is 16.6. The smallest absolute Gasteiger partial charge is 0.126 e. The first kappa shape index (κ1) is 18.8. The summed E-state index contributed by atoms with van der Waals surface area (Å²) in [6, 6.07) is 16.5. The van der Waals surface area contributed by atoms with E-state index >= 15 is 0 Å². The Bertz CT molecular complexity index is 946. The zero-order chi connectivity index (χ0) is 19.4.